The average Bonchev–Trinajstić information content (AvgIpc) is 3.22. The molecule has 0 saturated carbocycles. The van der Waals surface area contributed by atoms with Crippen molar-refractivity contribution in [1.29, 1.82) is 0 Å². The van der Waals surface area contributed by atoms with Crippen molar-refractivity contribution in [1.82, 2.24) is 15.1 Å². The van der Waals surface area contributed by atoms with Gasteiger partial charge in [0.2, 0.25) is 11.8 Å². The van der Waals surface area contributed by atoms with Crippen molar-refractivity contribution in [3.05, 3.63) is 52.0 Å². The minimum Gasteiger partial charge on any atom is -0.355 e. The Morgan fingerprint density at radius 2 is 1.97 bits per heavy atom. The van der Waals surface area contributed by atoms with Gasteiger partial charge in [-0.15, -0.1) is 0 Å². The van der Waals surface area contributed by atoms with Gasteiger partial charge in [-0.25, -0.2) is 0 Å². The number of anilines is 1. The highest BCUT2D eigenvalue weighted by atomic mass is 16.6. The summed E-state index contributed by atoms with van der Waals surface area (Å²) in [5, 5.41) is 14.4. The first-order chi connectivity index (χ1) is 14.8. The lowest BCUT2D eigenvalue weighted by atomic mass is 10.1. The molecule has 1 N–H and O–H groups in total. The third kappa shape index (κ3) is 5.96. The van der Waals surface area contributed by atoms with Gasteiger partial charge in [0.05, 0.1) is 11.5 Å². The second-order valence-electron chi connectivity index (χ2n) is 8.24. The maximum atomic E-state index is 13.2. The molecule has 0 bridgehead atoms. The quantitative estimate of drug-likeness (QED) is 0.526. The summed E-state index contributed by atoms with van der Waals surface area (Å²) in [5.41, 5.74) is 1.81. The van der Waals surface area contributed by atoms with E-state index in [2.05, 4.69) is 5.32 Å². The fourth-order valence-corrected chi connectivity index (χ4v) is 4.10. The molecule has 9 nitrogen and oxygen atoms in total. The number of nitro groups is 1. The molecule has 2 aliphatic heterocycles. The van der Waals surface area contributed by atoms with E-state index in [1.807, 2.05) is 36.1 Å². The number of aryl methyl sites for hydroxylation is 1. The SMILES string of the molecule is Cc1cccc(N(C)C(=C[N+](=O)[O-])NC2CCCCN(CC(=O)N3CCCC3)C2=O)c1. The zero-order chi connectivity index (χ0) is 22.4. The van der Waals surface area contributed by atoms with Gasteiger partial charge in [0, 0.05) is 32.4 Å². The van der Waals surface area contributed by atoms with Gasteiger partial charge in [0.15, 0.2) is 5.82 Å². The van der Waals surface area contributed by atoms with E-state index in [-0.39, 0.29) is 24.2 Å². The molecule has 1 aromatic carbocycles. The summed E-state index contributed by atoms with van der Waals surface area (Å²) in [7, 11) is 1.73. The predicted molar refractivity (Wildman–Crippen MR) is 118 cm³/mol. The Bertz CT molecular complexity index is 850. The lowest BCUT2D eigenvalue weighted by Gasteiger charge is -2.29. The molecule has 168 valence electrons. The van der Waals surface area contributed by atoms with Crippen LogP contribution in [0.25, 0.3) is 0 Å². The number of amides is 2. The molecule has 0 aliphatic carbocycles. The third-order valence-electron chi connectivity index (χ3n) is 5.87. The van der Waals surface area contributed by atoms with E-state index < -0.39 is 11.0 Å². The lowest BCUT2D eigenvalue weighted by molar-refractivity contribution is -0.403. The molecule has 0 spiro atoms. The maximum Gasteiger partial charge on any atom is 0.274 e. The second kappa shape index (κ2) is 10.3. The summed E-state index contributed by atoms with van der Waals surface area (Å²) >= 11 is 0. The van der Waals surface area contributed by atoms with Gasteiger partial charge in [-0.2, -0.15) is 0 Å². The number of nitrogens with zero attached hydrogens (tertiary/aromatic N) is 4. The van der Waals surface area contributed by atoms with Crippen molar-refractivity contribution < 1.29 is 14.5 Å². The molecule has 3 rings (SSSR count). The van der Waals surface area contributed by atoms with Gasteiger partial charge in [0.1, 0.15) is 6.04 Å². The van der Waals surface area contributed by atoms with E-state index in [1.54, 1.807) is 16.8 Å². The van der Waals surface area contributed by atoms with Crippen molar-refractivity contribution in [2.75, 3.05) is 38.1 Å². The molecule has 2 heterocycles. The van der Waals surface area contributed by atoms with Crippen LogP contribution < -0.4 is 10.2 Å². The number of benzene rings is 1. The molecule has 2 fully saturated rings. The van der Waals surface area contributed by atoms with Gasteiger partial charge in [0.25, 0.3) is 6.20 Å². The molecule has 2 amide bonds. The molecule has 2 aliphatic rings. The topological polar surface area (TPSA) is 99.0 Å². The minimum absolute atomic E-state index is 0.0237. The molecule has 1 aromatic rings. The number of nitrogens with one attached hydrogen (secondary N) is 1. The largest absolute Gasteiger partial charge is 0.355 e. The van der Waals surface area contributed by atoms with E-state index in [0.717, 1.165) is 56.2 Å². The van der Waals surface area contributed by atoms with Gasteiger partial charge >= 0.3 is 0 Å². The van der Waals surface area contributed by atoms with Crippen molar-refractivity contribution in [2.45, 2.75) is 45.1 Å². The Morgan fingerprint density at radius 3 is 2.65 bits per heavy atom. The molecule has 0 aromatic heterocycles. The van der Waals surface area contributed by atoms with E-state index >= 15 is 0 Å². The highest BCUT2D eigenvalue weighted by Crippen LogP contribution is 2.20. The molecule has 0 radical (unpaired) electrons. The number of hydrogen-bond donors (Lipinski definition) is 1. The number of carbonyl (C=O) groups excluding carboxylic acids is 2. The highest BCUT2D eigenvalue weighted by molar-refractivity contribution is 5.88. The Morgan fingerprint density at radius 1 is 1.26 bits per heavy atom. The maximum absolute atomic E-state index is 13.2. The average molecular weight is 430 g/mol. The zero-order valence-corrected chi connectivity index (χ0v) is 18.2. The highest BCUT2D eigenvalue weighted by Gasteiger charge is 2.31. The number of carbonyl (C=O) groups is 2. The third-order valence-corrected chi connectivity index (χ3v) is 5.87. The molecular formula is C22H31N5O4. The van der Waals surface area contributed by atoms with Crippen LogP contribution in [0.15, 0.2) is 36.3 Å². The standard InChI is InChI=1S/C22H31N5O4/c1-17-8-7-9-18(14-17)24(2)20(15-27(30)31)23-19-10-3-4-13-26(22(19)29)16-21(28)25-11-5-6-12-25/h7-9,14-15,19,23H,3-6,10-13,16H2,1-2H3. The lowest BCUT2D eigenvalue weighted by Crippen LogP contribution is -2.50. The fraction of sp³-hybridized carbons (Fsp3) is 0.545. The molecule has 2 saturated heterocycles. The van der Waals surface area contributed by atoms with Crippen LogP contribution in [-0.2, 0) is 9.59 Å². The predicted octanol–water partition coefficient (Wildman–Crippen LogP) is 2.10. The first-order valence-corrected chi connectivity index (χ1v) is 10.8. The Labute approximate surface area is 182 Å². The summed E-state index contributed by atoms with van der Waals surface area (Å²) in [6.07, 6.45) is 5.06. The van der Waals surface area contributed by atoms with Crippen LogP contribution in [0.4, 0.5) is 5.69 Å². The van der Waals surface area contributed by atoms with Crippen LogP contribution >= 0.6 is 0 Å². The van der Waals surface area contributed by atoms with Crippen LogP contribution in [0.3, 0.4) is 0 Å². The fourth-order valence-electron chi connectivity index (χ4n) is 4.10. The molecular weight excluding hydrogens is 398 g/mol. The molecule has 1 unspecified atom stereocenters. The van der Waals surface area contributed by atoms with E-state index in [1.165, 1.54) is 0 Å². The number of rotatable bonds is 7. The van der Waals surface area contributed by atoms with E-state index in [4.69, 9.17) is 0 Å². The van der Waals surface area contributed by atoms with Crippen LogP contribution in [-0.4, -0.2) is 65.8 Å². The van der Waals surface area contributed by atoms with Crippen molar-refractivity contribution >= 4 is 17.5 Å². The monoisotopic (exact) mass is 429 g/mol. The van der Waals surface area contributed by atoms with Gasteiger partial charge in [-0.3, -0.25) is 19.7 Å². The number of hydrogen-bond acceptors (Lipinski definition) is 6. The van der Waals surface area contributed by atoms with Crippen molar-refractivity contribution in [3.63, 3.8) is 0 Å². The molecule has 31 heavy (non-hydrogen) atoms. The second-order valence-corrected chi connectivity index (χ2v) is 8.24. The summed E-state index contributed by atoms with van der Waals surface area (Å²) in [5.74, 6) is 0.0306. The van der Waals surface area contributed by atoms with Gasteiger partial charge in [-0.05, 0) is 56.7 Å². The van der Waals surface area contributed by atoms with Crippen LogP contribution in [0, 0.1) is 17.0 Å². The molecule has 9 heteroatoms. The normalized spacial score (nSPS) is 19.9. The van der Waals surface area contributed by atoms with E-state index in [0.29, 0.717) is 13.0 Å². The van der Waals surface area contributed by atoms with Crippen LogP contribution in [0.1, 0.15) is 37.7 Å². The van der Waals surface area contributed by atoms with E-state index in [9.17, 15) is 19.7 Å². The van der Waals surface area contributed by atoms with Crippen molar-refractivity contribution in [3.8, 4) is 0 Å². The smallest absolute Gasteiger partial charge is 0.274 e. The summed E-state index contributed by atoms with van der Waals surface area (Å²) in [6.45, 7) is 4.04. The van der Waals surface area contributed by atoms with Gasteiger partial charge < -0.3 is 20.0 Å². The van der Waals surface area contributed by atoms with Crippen molar-refractivity contribution in [2.24, 2.45) is 0 Å². The Hall–Kier alpha value is -3.10. The first-order valence-electron chi connectivity index (χ1n) is 10.8. The summed E-state index contributed by atoms with van der Waals surface area (Å²) < 4.78 is 0. The zero-order valence-electron chi connectivity index (χ0n) is 18.2. The summed E-state index contributed by atoms with van der Waals surface area (Å²) in [4.78, 5) is 41.6. The Balaban J connectivity index is 1.75. The van der Waals surface area contributed by atoms with Crippen LogP contribution in [0.5, 0.6) is 0 Å². The Kier molecular flexibility index (Phi) is 7.49. The van der Waals surface area contributed by atoms with Gasteiger partial charge in [-0.1, -0.05) is 12.1 Å². The van der Waals surface area contributed by atoms with Crippen LogP contribution in [0.2, 0.25) is 0 Å². The minimum atomic E-state index is -0.618. The summed E-state index contributed by atoms with van der Waals surface area (Å²) in [6, 6.07) is 7.00. The number of likely N-dealkylation sites (tertiary alicyclic amines) is 2. The molecule has 1 atom stereocenters. The first kappa shape index (κ1) is 22.6.